The number of hydrogen-bond acceptors (Lipinski definition) is 3. The molecule has 1 aromatic rings. The number of carboxylic acid groups (broad SMARTS) is 1. The van der Waals surface area contributed by atoms with Gasteiger partial charge in [-0.15, -0.1) is 0 Å². The molecule has 1 unspecified atom stereocenters. The van der Waals surface area contributed by atoms with Crippen LogP contribution in [-0.4, -0.2) is 22.5 Å². The molecule has 0 spiro atoms. The van der Waals surface area contributed by atoms with Gasteiger partial charge in [0.15, 0.2) is 0 Å². The van der Waals surface area contributed by atoms with Crippen LogP contribution in [0.3, 0.4) is 0 Å². The molecule has 1 rings (SSSR count). The summed E-state index contributed by atoms with van der Waals surface area (Å²) in [4.78, 5) is 23.0. The van der Waals surface area contributed by atoms with E-state index in [0.29, 0.717) is 24.2 Å². The summed E-state index contributed by atoms with van der Waals surface area (Å²) in [5.41, 5.74) is -0.854. The van der Waals surface area contributed by atoms with E-state index in [1.54, 1.807) is 13.0 Å². The summed E-state index contributed by atoms with van der Waals surface area (Å²) in [6.07, 6.45) is 2.33. The lowest BCUT2D eigenvalue weighted by atomic mass is 9.98. The first-order chi connectivity index (χ1) is 7.94. The summed E-state index contributed by atoms with van der Waals surface area (Å²) in [7, 11) is 0. The van der Waals surface area contributed by atoms with Crippen LogP contribution < -0.4 is 5.32 Å². The van der Waals surface area contributed by atoms with Gasteiger partial charge in [0.1, 0.15) is 11.3 Å². The molecule has 0 bridgehead atoms. The lowest BCUT2D eigenvalue weighted by Gasteiger charge is -2.24. The molecule has 0 aliphatic rings. The molecule has 0 aromatic carbocycles. The van der Waals surface area contributed by atoms with E-state index in [4.69, 9.17) is 9.52 Å². The molecule has 0 aliphatic heterocycles. The molecule has 2 N–H and O–H groups in total. The maximum Gasteiger partial charge on any atom is 0.329 e. The molecule has 1 heterocycles. The lowest BCUT2D eigenvalue weighted by molar-refractivity contribution is -0.143. The number of furan rings is 1. The second-order valence-electron chi connectivity index (χ2n) is 4.06. The molecule has 17 heavy (non-hydrogen) atoms. The van der Waals surface area contributed by atoms with Crippen molar-refractivity contribution in [2.24, 2.45) is 0 Å². The van der Waals surface area contributed by atoms with E-state index in [0.717, 1.165) is 0 Å². The van der Waals surface area contributed by atoms with E-state index in [1.807, 2.05) is 6.92 Å². The normalized spacial score (nSPS) is 14.1. The van der Waals surface area contributed by atoms with Crippen molar-refractivity contribution in [3.8, 4) is 0 Å². The van der Waals surface area contributed by atoms with Crippen molar-refractivity contribution in [1.82, 2.24) is 5.32 Å². The summed E-state index contributed by atoms with van der Waals surface area (Å²) in [5.74, 6) is -0.899. The van der Waals surface area contributed by atoms with Gasteiger partial charge in [-0.3, -0.25) is 4.79 Å². The predicted molar refractivity (Wildman–Crippen MR) is 61.9 cm³/mol. The highest BCUT2D eigenvalue weighted by atomic mass is 16.4. The van der Waals surface area contributed by atoms with Crippen LogP contribution in [0.15, 0.2) is 16.7 Å². The van der Waals surface area contributed by atoms with Gasteiger partial charge in [0.25, 0.3) is 5.91 Å². The molecule has 0 saturated heterocycles. The van der Waals surface area contributed by atoms with Crippen LogP contribution in [0.2, 0.25) is 0 Å². The van der Waals surface area contributed by atoms with Crippen molar-refractivity contribution >= 4 is 11.9 Å². The van der Waals surface area contributed by atoms with Crippen molar-refractivity contribution < 1.29 is 19.1 Å². The van der Waals surface area contributed by atoms with Crippen molar-refractivity contribution in [2.45, 2.75) is 39.2 Å². The Kier molecular flexibility index (Phi) is 3.93. The molecule has 0 radical (unpaired) electrons. The number of nitrogens with one attached hydrogen (secondary N) is 1. The van der Waals surface area contributed by atoms with E-state index in [-0.39, 0.29) is 0 Å². The third-order valence-electron chi connectivity index (χ3n) is 2.88. The maximum atomic E-state index is 11.9. The van der Waals surface area contributed by atoms with Crippen LogP contribution in [0, 0.1) is 0 Å². The minimum Gasteiger partial charge on any atom is -0.480 e. The fraction of sp³-hybridized carbons (Fsp3) is 0.500. The minimum atomic E-state index is -1.25. The fourth-order valence-electron chi connectivity index (χ4n) is 1.43. The zero-order chi connectivity index (χ0) is 13.1. The highest BCUT2D eigenvalue weighted by Gasteiger charge is 2.33. The van der Waals surface area contributed by atoms with Crippen LogP contribution in [0.1, 0.15) is 43.3 Å². The van der Waals surface area contributed by atoms with Gasteiger partial charge in [-0.05, 0) is 19.4 Å². The Hall–Kier alpha value is -1.78. The third-order valence-corrected chi connectivity index (χ3v) is 2.88. The molecule has 5 heteroatoms. The molecule has 0 saturated carbocycles. The smallest absolute Gasteiger partial charge is 0.329 e. The zero-order valence-electron chi connectivity index (χ0n) is 10.2. The van der Waals surface area contributed by atoms with Gasteiger partial charge in [0.05, 0.1) is 11.8 Å². The van der Waals surface area contributed by atoms with Crippen LogP contribution >= 0.6 is 0 Å². The molecule has 1 aromatic heterocycles. The highest BCUT2D eigenvalue weighted by Crippen LogP contribution is 2.15. The number of rotatable bonds is 5. The van der Waals surface area contributed by atoms with Gasteiger partial charge >= 0.3 is 5.97 Å². The van der Waals surface area contributed by atoms with Gasteiger partial charge in [-0.25, -0.2) is 4.79 Å². The number of hydrogen-bond donors (Lipinski definition) is 2. The van der Waals surface area contributed by atoms with E-state index < -0.39 is 17.4 Å². The second kappa shape index (κ2) is 5.03. The van der Waals surface area contributed by atoms with E-state index in [2.05, 4.69) is 5.32 Å². The van der Waals surface area contributed by atoms with E-state index >= 15 is 0 Å². The van der Waals surface area contributed by atoms with Crippen molar-refractivity contribution in [3.05, 3.63) is 23.7 Å². The quantitative estimate of drug-likeness (QED) is 0.821. The number of amides is 1. The Labute approximate surface area is 99.8 Å². The first-order valence-electron chi connectivity index (χ1n) is 5.57. The van der Waals surface area contributed by atoms with Gasteiger partial charge < -0.3 is 14.8 Å². The Balaban J connectivity index is 2.89. The van der Waals surface area contributed by atoms with Crippen molar-refractivity contribution in [1.29, 1.82) is 0 Å². The summed E-state index contributed by atoms with van der Waals surface area (Å²) in [5, 5.41) is 11.6. The van der Waals surface area contributed by atoms with Crippen molar-refractivity contribution in [2.75, 3.05) is 0 Å². The summed E-state index contributed by atoms with van der Waals surface area (Å²) >= 11 is 0. The van der Waals surface area contributed by atoms with Crippen LogP contribution in [0.25, 0.3) is 0 Å². The first-order valence-corrected chi connectivity index (χ1v) is 5.57. The Bertz CT molecular complexity index is 424. The number of carboxylic acids is 1. The number of carbonyl (C=O) groups is 2. The number of aliphatic carboxylic acids is 1. The predicted octanol–water partition coefficient (Wildman–Crippen LogP) is 1.83. The monoisotopic (exact) mass is 239 g/mol. The molecule has 1 amide bonds. The topological polar surface area (TPSA) is 79.5 Å². The van der Waals surface area contributed by atoms with Gasteiger partial charge in [0.2, 0.25) is 0 Å². The highest BCUT2D eigenvalue weighted by molar-refractivity contribution is 5.98. The summed E-state index contributed by atoms with van der Waals surface area (Å²) in [6, 6.07) is 1.55. The SMILES string of the molecule is CCc1occc1C(=O)NC(C)(CC)C(=O)O. The lowest BCUT2D eigenvalue weighted by Crippen LogP contribution is -2.51. The molecule has 1 atom stereocenters. The minimum absolute atomic E-state index is 0.313. The summed E-state index contributed by atoms with van der Waals surface area (Å²) in [6.45, 7) is 5.06. The van der Waals surface area contributed by atoms with Crippen LogP contribution in [0.5, 0.6) is 0 Å². The number of aryl methyl sites for hydroxylation is 1. The third kappa shape index (κ3) is 2.67. The molecular formula is C12H17NO4. The van der Waals surface area contributed by atoms with E-state index in [9.17, 15) is 9.59 Å². The molecule has 0 aliphatic carbocycles. The fourth-order valence-corrected chi connectivity index (χ4v) is 1.43. The van der Waals surface area contributed by atoms with Gasteiger partial charge in [0, 0.05) is 6.42 Å². The standard InChI is InChI=1S/C12H17NO4/c1-4-9-8(6-7-17-9)10(14)13-12(3,5-2)11(15)16/h6-7H,4-5H2,1-3H3,(H,13,14)(H,15,16). The number of carbonyl (C=O) groups excluding carboxylic acids is 1. The zero-order valence-corrected chi connectivity index (χ0v) is 10.2. The van der Waals surface area contributed by atoms with E-state index in [1.165, 1.54) is 13.2 Å². The molecular weight excluding hydrogens is 222 g/mol. The second-order valence-corrected chi connectivity index (χ2v) is 4.06. The van der Waals surface area contributed by atoms with Gasteiger partial charge in [-0.2, -0.15) is 0 Å². The average molecular weight is 239 g/mol. The Morgan fingerprint density at radius 2 is 2.12 bits per heavy atom. The van der Waals surface area contributed by atoms with Crippen LogP contribution in [-0.2, 0) is 11.2 Å². The maximum absolute atomic E-state index is 11.9. The first kappa shape index (κ1) is 13.3. The molecule has 94 valence electrons. The molecule has 0 fully saturated rings. The summed E-state index contributed by atoms with van der Waals surface area (Å²) < 4.78 is 5.14. The van der Waals surface area contributed by atoms with Gasteiger partial charge in [-0.1, -0.05) is 13.8 Å². The molecule has 5 nitrogen and oxygen atoms in total. The van der Waals surface area contributed by atoms with Crippen molar-refractivity contribution in [3.63, 3.8) is 0 Å². The largest absolute Gasteiger partial charge is 0.480 e. The Morgan fingerprint density at radius 1 is 1.47 bits per heavy atom. The van der Waals surface area contributed by atoms with Crippen LogP contribution in [0.4, 0.5) is 0 Å². The Morgan fingerprint density at radius 3 is 2.59 bits per heavy atom. The average Bonchev–Trinajstić information content (AvgIpc) is 2.76.